The molecule has 0 fully saturated rings. The third-order valence-electron chi connectivity index (χ3n) is 1.80. The smallest absolute Gasteiger partial charge is 0.116 e. The van der Waals surface area contributed by atoms with E-state index in [1.807, 2.05) is 0 Å². The number of aromatic hydroxyl groups is 1. The SMILES string of the molecule is CC(N)C(O)c1ccc(O)cc1Br. The van der Waals surface area contributed by atoms with E-state index in [9.17, 15) is 5.11 Å². The van der Waals surface area contributed by atoms with E-state index >= 15 is 0 Å². The van der Waals surface area contributed by atoms with Crippen LogP contribution in [0.25, 0.3) is 0 Å². The minimum absolute atomic E-state index is 0.160. The Morgan fingerprint density at radius 2 is 2.08 bits per heavy atom. The summed E-state index contributed by atoms with van der Waals surface area (Å²) >= 11 is 3.24. The molecule has 0 amide bonds. The highest BCUT2D eigenvalue weighted by Crippen LogP contribution is 2.28. The van der Waals surface area contributed by atoms with Gasteiger partial charge in [0.1, 0.15) is 5.75 Å². The van der Waals surface area contributed by atoms with Gasteiger partial charge in [0.15, 0.2) is 0 Å². The number of phenolic OH excluding ortho intramolecular Hbond substituents is 1. The Balaban J connectivity index is 3.01. The third kappa shape index (κ3) is 2.43. The van der Waals surface area contributed by atoms with E-state index in [1.165, 1.54) is 12.1 Å². The zero-order valence-electron chi connectivity index (χ0n) is 7.24. The van der Waals surface area contributed by atoms with Crippen molar-refractivity contribution in [1.82, 2.24) is 0 Å². The number of aliphatic hydroxyl groups excluding tert-OH is 1. The number of halogens is 1. The molecule has 0 saturated heterocycles. The summed E-state index contributed by atoms with van der Waals surface area (Å²) in [6.07, 6.45) is -0.713. The summed E-state index contributed by atoms with van der Waals surface area (Å²) in [6, 6.07) is 4.36. The Hall–Kier alpha value is -0.580. The van der Waals surface area contributed by atoms with Crippen LogP contribution < -0.4 is 5.73 Å². The maximum Gasteiger partial charge on any atom is 0.116 e. The lowest BCUT2D eigenvalue weighted by atomic mass is 10.0. The topological polar surface area (TPSA) is 66.5 Å². The normalized spacial score (nSPS) is 15.4. The summed E-state index contributed by atoms with van der Waals surface area (Å²) in [7, 11) is 0. The minimum atomic E-state index is -0.713. The van der Waals surface area contributed by atoms with E-state index in [0.717, 1.165) is 0 Å². The van der Waals surface area contributed by atoms with Gasteiger partial charge in [-0.25, -0.2) is 0 Å². The molecule has 13 heavy (non-hydrogen) atoms. The van der Waals surface area contributed by atoms with Crippen LogP contribution in [0.2, 0.25) is 0 Å². The highest BCUT2D eigenvalue weighted by Gasteiger charge is 2.15. The van der Waals surface area contributed by atoms with Crippen molar-refractivity contribution < 1.29 is 10.2 Å². The number of nitrogens with two attached hydrogens (primary N) is 1. The molecule has 4 heteroatoms. The first-order valence-electron chi connectivity index (χ1n) is 3.94. The molecule has 0 aliphatic carbocycles. The molecule has 2 atom stereocenters. The molecule has 72 valence electrons. The number of benzene rings is 1. The van der Waals surface area contributed by atoms with E-state index in [1.54, 1.807) is 13.0 Å². The molecule has 3 nitrogen and oxygen atoms in total. The van der Waals surface area contributed by atoms with Gasteiger partial charge < -0.3 is 15.9 Å². The van der Waals surface area contributed by atoms with Crippen LogP contribution in [0.1, 0.15) is 18.6 Å². The zero-order valence-corrected chi connectivity index (χ0v) is 8.82. The van der Waals surface area contributed by atoms with E-state index in [4.69, 9.17) is 10.8 Å². The van der Waals surface area contributed by atoms with Gasteiger partial charge in [-0.3, -0.25) is 0 Å². The van der Waals surface area contributed by atoms with E-state index in [2.05, 4.69) is 15.9 Å². The maximum absolute atomic E-state index is 9.63. The van der Waals surface area contributed by atoms with Crippen LogP contribution in [0.15, 0.2) is 22.7 Å². The molecule has 0 heterocycles. The molecule has 1 rings (SSSR count). The standard InChI is InChI=1S/C9H12BrNO2/c1-5(11)9(13)7-3-2-6(12)4-8(7)10/h2-5,9,12-13H,11H2,1H3. The number of aliphatic hydroxyl groups is 1. The van der Waals surface area contributed by atoms with Crippen LogP contribution in [0.4, 0.5) is 0 Å². The van der Waals surface area contributed by atoms with Gasteiger partial charge in [0.25, 0.3) is 0 Å². The lowest BCUT2D eigenvalue weighted by molar-refractivity contribution is 0.152. The summed E-state index contributed by atoms with van der Waals surface area (Å²) in [6.45, 7) is 1.73. The monoisotopic (exact) mass is 245 g/mol. The van der Waals surface area contributed by atoms with Crippen molar-refractivity contribution in [2.45, 2.75) is 19.1 Å². The summed E-state index contributed by atoms with van der Waals surface area (Å²) < 4.78 is 0.664. The van der Waals surface area contributed by atoms with Crippen LogP contribution >= 0.6 is 15.9 Å². The predicted octanol–water partition coefficient (Wildman–Crippen LogP) is 1.54. The average molecular weight is 246 g/mol. The number of rotatable bonds is 2. The van der Waals surface area contributed by atoms with E-state index in [-0.39, 0.29) is 11.8 Å². The van der Waals surface area contributed by atoms with Gasteiger partial charge >= 0.3 is 0 Å². The van der Waals surface area contributed by atoms with Crippen molar-refractivity contribution in [2.75, 3.05) is 0 Å². The second kappa shape index (κ2) is 4.09. The van der Waals surface area contributed by atoms with E-state index < -0.39 is 6.10 Å². The Morgan fingerprint density at radius 3 is 2.54 bits per heavy atom. The molecule has 0 radical (unpaired) electrons. The fraction of sp³-hybridized carbons (Fsp3) is 0.333. The largest absolute Gasteiger partial charge is 0.508 e. The highest BCUT2D eigenvalue weighted by molar-refractivity contribution is 9.10. The van der Waals surface area contributed by atoms with Gasteiger partial charge in [0.05, 0.1) is 6.10 Å². The Bertz CT molecular complexity index is 302. The number of phenols is 1. The zero-order chi connectivity index (χ0) is 10.0. The first-order valence-corrected chi connectivity index (χ1v) is 4.73. The molecular formula is C9H12BrNO2. The minimum Gasteiger partial charge on any atom is -0.508 e. The van der Waals surface area contributed by atoms with Gasteiger partial charge in [-0.1, -0.05) is 22.0 Å². The molecule has 0 bridgehead atoms. The summed E-state index contributed by atoms with van der Waals surface area (Å²) in [5.74, 6) is 0.160. The second-order valence-electron chi connectivity index (χ2n) is 3.01. The van der Waals surface area contributed by atoms with Crippen molar-refractivity contribution in [1.29, 1.82) is 0 Å². The Labute approximate surface area is 85.3 Å². The van der Waals surface area contributed by atoms with Crippen molar-refractivity contribution in [3.63, 3.8) is 0 Å². The van der Waals surface area contributed by atoms with Crippen LogP contribution in [-0.4, -0.2) is 16.3 Å². The number of hydrogen-bond donors (Lipinski definition) is 3. The Morgan fingerprint density at radius 1 is 1.46 bits per heavy atom. The molecule has 4 N–H and O–H groups in total. The molecule has 0 spiro atoms. The van der Waals surface area contributed by atoms with Crippen molar-refractivity contribution in [2.24, 2.45) is 5.73 Å². The molecule has 0 aliphatic rings. The lowest BCUT2D eigenvalue weighted by Crippen LogP contribution is -2.24. The molecule has 1 aromatic rings. The maximum atomic E-state index is 9.63. The molecular weight excluding hydrogens is 234 g/mol. The van der Waals surface area contributed by atoms with E-state index in [0.29, 0.717) is 10.0 Å². The first kappa shape index (κ1) is 10.5. The Kier molecular flexibility index (Phi) is 3.30. The van der Waals surface area contributed by atoms with Crippen LogP contribution in [0, 0.1) is 0 Å². The lowest BCUT2D eigenvalue weighted by Gasteiger charge is -2.16. The van der Waals surface area contributed by atoms with Gasteiger partial charge in [-0.05, 0) is 24.6 Å². The predicted molar refractivity (Wildman–Crippen MR) is 54.4 cm³/mol. The van der Waals surface area contributed by atoms with Crippen LogP contribution in [0.3, 0.4) is 0 Å². The van der Waals surface area contributed by atoms with Gasteiger partial charge in [0, 0.05) is 10.5 Å². The molecule has 1 aromatic carbocycles. The highest BCUT2D eigenvalue weighted by atomic mass is 79.9. The molecule has 0 aromatic heterocycles. The summed E-state index contributed by atoms with van der Waals surface area (Å²) in [5, 5.41) is 18.7. The molecule has 2 unspecified atom stereocenters. The average Bonchev–Trinajstić information content (AvgIpc) is 2.03. The van der Waals surface area contributed by atoms with Gasteiger partial charge in [0.2, 0.25) is 0 Å². The molecule has 0 saturated carbocycles. The molecule has 0 aliphatic heterocycles. The number of hydrogen-bond acceptors (Lipinski definition) is 3. The van der Waals surface area contributed by atoms with Crippen LogP contribution in [0.5, 0.6) is 5.75 Å². The summed E-state index contributed by atoms with van der Waals surface area (Å²) in [5.41, 5.74) is 6.23. The second-order valence-corrected chi connectivity index (χ2v) is 3.86. The van der Waals surface area contributed by atoms with Crippen molar-refractivity contribution in [3.8, 4) is 5.75 Å². The quantitative estimate of drug-likeness (QED) is 0.741. The third-order valence-corrected chi connectivity index (χ3v) is 2.49. The van der Waals surface area contributed by atoms with Gasteiger partial charge in [-0.2, -0.15) is 0 Å². The van der Waals surface area contributed by atoms with Gasteiger partial charge in [-0.15, -0.1) is 0 Å². The first-order chi connectivity index (χ1) is 6.02. The fourth-order valence-electron chi connectivity index (χ4n) is 1.04. The van der Waals surface area contributed by atoms with Crippen molar-refractivity contribution >= 4 is 15.9 Å². The van der Waals surface area contributed by atoms with Crippen molar-refractivity contribution in [3.05, 3.63) is 28.2 Å². The van der Waals surface area contributed by atoms with Crippen LogP contribution in [-0.2, 0) is 0 Å². The fourth-order valence-corrected chi connectivity index (χ4v) is 1.64. The summed E-state index contributed by atoms with van der Waals surface area (Å²) in [4.78, 5) is 0.